The van der Waals surface area contributed by atoms with Gasteiger partial charge in [0.2, 0.25) is 5.91 Å². The van der Waals surface area contributed by atoms with Crippen LogP contribution in [-0.2, 0) is 11.3 Å². The Morgan fingerprint density at radius 1 is 1.12 bits per heavy atom. The van der Waals surface area contributed by atoms with Crippen LogP contribution in [0.4, 0.5) is 0 Å². The number of rotatable bonds is 5. The topological polar surface area (TPSA) is 78.7 Å². The van der Waals surface area contributed by atoms with E-state index < -0.39 is 0 Å². The molecule has 2 saturated heterocycles. The Kier molecular flexibility index (Phi) is 5.86. The smallest absolute Gasteiger partial charge is 0.258 e. The minimum atomic E-state index is -0.311. The number of piperidine rings is 1. The van der Waals surface area contributed by atoms with Gasteiger partial charge in [0.05, 0.1) is 12.0 Å². The Bertz CT molecular complexity index is 1030. The molecule has 0 aliphatic carbocycles. The van der Waals surface area contributed by atoms with Crippen molar-refractivity contribution in [2.24, 2.45) is 11.8 Å². The van der Waals surface area contributed by atoms with Gasteiger partial charge >= 0.3 is 0 Å². The zero-order valence-electron chi connectivity index (χ0n) is 18.7. The van der Waals surface area contributed by atoms with Gasteiger partial charge in [-0.2, -0.15) is 0 Å². The Labute approximate surface area is 188 Å². The minimum Gasteiger partial charge on any atom is -0.396 e. The lowest BCUT2D eigenvalue weighted by Crippen LogP contribution is -2.47. The summed E-state index contributed by atoms with van der Waals surface area (Å²) >= 11 is 0. The zero-order chi connectivity index (χ0) is 22.2. The predicted molar refractivity (Wildman–Crippen MR) is 122 cm³/mol. The van der Waals surface area contributed by atoms with Gasteiger partial charge in [0.1, 0.15) is 0 Å². The van der Waals surface area contributed by atoms with Crippen molar-refractivity contribution in [2.75, 3.05) is 26.2 Å². The summed E-state index contributed by atoms with van der Waals surface area (Å²) in [6, 6.07) is 7.44. The maximum atomic E-state index is 13.7. The Morgan fingerprint density at radius 2 is 1.88 bits per heavy atom. The summed E-state index contributed by atoms with van der Waals surface area (Å²) in [5.41, 5.74) is 2.38. The van der Waals surface area contributed by atoms with Crippen molar-refractivity contribution in [2.45, 2.75) is 51.2 Å². The maximum Gasteiger partial charge on any atom is 0.258 e. The van der Waals surface area contributed by atoms with E-state index >= 15 is 0 Å². The summed E-state index contributed by atoms with van der Waals surface area (Å²) < 4.78 is 1.86. The van der Waals surface area contributed by atoms with Crippen LogP contribution < -0.4 is 5.56 Å². The van der Waals surface area contributed by atoms with E-state index in [0.717, 1.165) is 50.2 Å². The van der Waals surface area contributed by atoms with Crippen LogP contribution in [-0.4, -0.2) is 62.6 Å². The van der Waals surface area contributed by atoms with Gasteiger partial charge in [0, 0.05) is 61.9 Å². The fraction of sp³-hybridized carbons (Fsp3) is 0.560. The number of aliphatic hydroxyl groups is 1. The number of hydrogen-bond acceptors (Lipinski definition) is 5. The third kappa shape index (κ3) is 3.39. The standard InChI is InChI=1S/C25H32N4O3/c1-2-12-28-21-15-29-20(7-6-18(24(29)31)17-8-10-26-11-9-17)23(28)22(19(21)16-30)25(32)27-13-4-3-5-14-27/h6-11,19,21-23,30H,2-5,12-16H2,1H3/t19-,21-,22+,23+/m0/s1. The quantitative estimate of drug-likeness (QED) is 0.778. The molecule has 170 valence electrons. The first kappa shape index (κ1) is 21.3. The molecule has 1 amide bonds. The molecule has 32 heavy (non-hydrogen) atoms. The molecule has 5 rings (SSSR count). The number of carbonyl (C=O) groups excluding carboxylic acids is 1. The summed E-state index contributed by atoms with van der Waals surface area (Å²) in [7, 11) is 0. The van der Waals surface area contributed by atoms with Crippen LogP contribution in [0.1, 0.15) is 44.3 Å². The molecular weight excluding hydrogens is 404 g/mol. The van der Waals surface area contributed by atoms with Crippen molar-refractivity contribution in [1.29, 1.82) is 0 Å². The second-order valence-electron chi connectivity index (χ2n) is 9.33. The molecule has 7 heteroatoms. The molecule has 0 radical (unpaired) electrons. The molecule has 2 fully saturated rings. The highest BCUT2D eigenvalue weighted by Gasteiger charge is 2.56. The number of nitrogens with zero attached hydrogens (tertiary/aromatic N) is 4. The molecule has 7 nitrogen and oxygen atoms in total. The molecule has 3 aliphatic heterocycles. The SMILES string of the molecule is CCCN1[C@@H]2c3ccc(-c4ccncc4)c(=O)n3C[C@H]1[C@H](CO)[C@H]2C(=O)N1CCCCC1. The van der Waals surface area contributed by atoms with Gasteiger partial charge in [-0.1, -0.05) is 6.92 Å². The lowest BCUT2D eigenvalue weighted by molar-refractivity contribution is -0.139. The van der Waals surface area contributed by atoms with Crippen LogP contribution in [0.2, 0.25) is 0 Å². The van der Waals surface area contributed by atoms with E-state index in [4.69, 9.17) is 0 Å². The molecule has 0 unspecified atom stereocenters. The van der Waals surface area contributed by atoms with Gasteiger partial charge in [-0.3, -0.25) is 19.5 Å². The molecule has 2 aromatic rings. The largest absolute Gasteiger partial charge is 0.396 e. The number of hydrogen-bond donors (Lipinski definition) is 1. The van der Waals surface area contributed by atoms with Crippen LogP contribution in [0.5, 0.6) is 0 Å². The third-order valence-electron chi connectivity index (χ3n) is 7.60. The fourth-order valence-corrected chi connectivity index (χ4v) is 6.15. The van der Waals surface area contributed by atoms with Crippen LogP contribution in [0, 0.1) is 11.8 Å². The number of carbonyl (C=O) groups is 1. The van der Waals surface area contributed by atoms with Crippen LogP contribution >= 0.6 is 0 Å². The first-order valence-corrected chi connectivity index (χ1v) is 11.9. The number of aliphatic hydroxyl groups excluding tert-OH is 1. The molecule has 1 N–H and O–H groups in total. The molecule has 2 bridgehead atoms. The molecule has 2 aromatic heterocycles. The lowest BCUT2D eigenvalue weighted by Gasteiger charge is -2.38. The highest BCUT2D eigenvalue weighted by atomic mass is 16.3. The molecule has 3 aliphatic rings. The monoisotopic (exact) mass is 436 g/mol. The molecule has 5 heterocycles. The van der Waals surface area contributed by atoms with E-state index in [-0.39, 0.29) is 42.0 Å². The second-order valence-corrected chi connectivity index (χ2v) is 9.33. The third-order valence-corrected chi connectivity index (χ3v) is 7.60. The van der Waals surface area contributed by atoms with Crippen LogP contribution in [0.15, 0.2) is 41.5 Å². The number of pyridine rings is 2. The van der Waals surface area contributed by atoms with E-state index in [1.54, 1.807) is 12.4 Å². The molecule has 0 saturated carbocycles. The van der Waals surface area contributed by atoms with Crippen molar-refractivity contribution in [3.8, 4) is 11.1 Å². The summed E-state index contributed by atoms with van der Waals surface area (Å²) in [6.07, 6.45) is 7.61. The van der Waals surface area contributed by atoms with E-state index in [2.05, 4.69) is 16.8 Å². The second kappa shape index (κ2) is 8.79. The van der Waals surface area contributed by atoms with E-state index in [0.29, 0.717) is 12.1 Å². The number of amides is 1. The Hall–Kier alpha value is -2.51. The normalized spacial score (nSPS) is 27.4. The summed E-state index contributed by atoms with van der Waals surface area (Å²) in [5, 5.41) is 10.4. The average molecular weight is 437 g/mol. The first-order valence-electron chi connectivity index (χ1n) is 11.9. The van der Waals surface area contributed by atoms with Crippen LogP contribution in [0.25, 0.3) is 11.1 Å². The van der Waals surface area contributed by atoms with E-state index in [1.165, 1.54) is 6.42 Å². The van der Waals surface area contributed by atoms with Gasteiger partial charge in [-0.05, 0) is 62.1 Å². The van der Waals surface area contributed by atoms with Crippen molar-refractivity contribution < 1.29 is 9.90 Å². The lowest BCUT2D eigenvalue weighted by atomic mass is 9.85. The first-order chi connectivity index (χ1) is 15.7. The Morgan fingerprint density at radius 3 is 2.56 bits per heavy atom. The van der Waals surface area contributed by atoms with Crippen molar-refractivity contribution in [1.82, 2.24) is 19.4 Å². The molecule has 0 aromatic carbocycles. The van der Waals surface area contributed by atoms with Gasteiger partial charge < -0.3 is 14.6 Å². The fourth-order valence-electron chi connectivity index (χ4n) is 6.15. The van der Waals surface area contributed by atoms with E-state index in [1.807, 2.05) is 33.7 Å². The highest BCUT2D eigenvalue weighted by molar-refractivity contribution is 5.81. The predicted octanol–water partition coefficient (Wildman–Crippen LogP) is 2.30. The van der Waals surface area contributed by atoms with Crippen molar-refractivity contribution in [3.05, 3.63) is 52.7 Å². The molecule has 0 spiro atoms. The van der Waals surface area contributed by atoms with Gasteiger partial charge in [0.25, 0.3) is 5.56 Å². The van der Waals surface area contributed by atoms with Crippen molar-refractivity contribution >= 4 is 5.91 Å². The van der Waals surface area contributed by atoms with E-state index in [9.17, 15) is 14.7 Å². The molecular formula is C25H32N4O3. The number of likely N-dealkylation sites (tertiary alicyclic amines) is 1. The van der Waals surface area contributed by atoms with Gasteiger partial charge in [-0.15, -0.1) is 0 Å². The minimum absolute atomic E-state index is 0.0124. The molecule has 4 atom stereocenters. The average Bonchev–Trinajstić information content (AvgIpc) is 3.04. The summed E-state index contributed by atoms with van der Waals surface area (Å²) in [4.78, 5) is 35.7. The number of fused-ring (bicyclic) bond motifs is 4. The van der Waals surface area contributed by atoms with Crippen LogP contribution in [0.3, 0.4) is 0 Å². The summed E-state index contributed by atoms with van der Waals surface area (Å²) in [5.74, 6) is -0.323. The Balaban J connectivity index is 1.59. The van der Waals surface area contributed by atoms with Gasteiger partial charge in [-0.25, -0.2) is 0 Å². The zero-order valence-corrected chi connectivity index (χ0v) is 18.7. The maximum absolute atomic E-state index is 13.7. The summed E-state index contributed by atoms with van der Waals surface area (Å²) in [6.45, 7) is 5.07. The highest BCUT2D eigenvalue weighted by Crippen LogP contribution is 2.49. The number of aromatic nitrogens is 2. The van der Waals surface area contributed by atoms with Gasteiger partial charge in [0.15, 0.2) is 0 Å². The van der Waals surface area contributed by atoms with Crippen molar-refractivity contribution in [3.63, 3.8) is 0 Å².